The van der Waals surface area contributed by atoms with E-state index >= 15 is 0 Å². The van der Waals surface area contributed by atoms with E-state index in [1.807, 2.05) is 49.5 Å². The lowest BCUT2D eigenvalue weighted by molar-refractivity contribution is 0.415. The maximum absolute atomic E-state index is 6.03. The number of hydrogen-bond donors (Lipinski definition) is 1. The minimum absolute atomic E-state index is 0.589. The van der Waals surface area contributed by atoms with E-state index in [0.29, 0.717) is 10.7 Å². The summed E-state index contributed by atoms with van der Waals surface area (Å²) in [6.45, 7) is 0.736. The average Bonchev–Trinajstić information content (AvgIpc) is 2.43. The highest BCUT2D eigenvalue weighted by molar-refractivity contribution is 6.33. The van der Waals surface area contributed by atoms with Gasteiger partial charge in [-0.05, 0) is 29.8 Å². The SMILES string of the molecule is COc1ccccc1N(C)Cc1ccc(N)c(Cl)c1. The highest BCUT2D eigenvalue weighted by atomic mass is 35.5. The molecule has 0 aromatic heterocycles. The van der Waals surface area contributed by atoms with Crippen LogP contribution >= 0.6 is 11.6 Å². The van der Waals surface area contributed by atoms with E-state index in [-0.39, 0.29) is 0 Å². The number of rotatable bonds is 4. The number of nitrogen functional groups attached to an aromatic ring is 1. The lowest BCUT2D eigenvalue weighted by atomic mass is 10.2. The largest absolute Gasteiger partial charge is 0.495 e. The zero-order valence-electron chi connectivity index (χ0n) is 11.1. The Morgan fingerprint density at radius 2 is 1.95 bits per heavy atom. The molecular formula is C15H17ClN2O. The van der Waals surface area contributed by atoms with Gasteiger partial charge in [-0.3, -0.25) is 0 Å². The normalized spacial score (nSPS) is 10.3. The fourth-order valence-corrected chi connectivity index (χ4v) is 2.18. The van der Waals surface area contributed by atoms with E-state index in [1.54, 1.807) is 7.11 Å². The van der Waals surface area contributed by atoms with Crippen LogP contribution in [0.5, 0.6) is 5.75 Å². The van der Waals surface area contributed by atoms with E-state index in [9.17, 15) is 0 Å². The molecule has 0 heterocycles. The molecule has 0 saturated carbocycles. The minimum atomic E-state index is 0.589. The molecule has 19 heavy (non-hydrogen) atoms. The van der Waals surface area contributed by atoms with Gasteiger partial charge in [0.1, 0.15) is 5.75 Å². The number of benzene rings is 2. The smallest absolute Gasteiger partial charge is 0.142 e. The third kappa shape index (κ3) is 3.12. The van der Waals surface area contributed by atoms with Crippen molar-refractivity contribution in [3.05, 3.63) is 53.1 Å². The van der Waals surface area contributed by atoms with E-state index in [1.165, 1.54) is 0 Å². The lowest BCUT2D eigenvalue weighted by Gasteiger charge is -2.22. The summed E-state index contributed by atoms with van der Waals surface area (Å²) in [5.41, 5.74) is 8.46. The van der Waals surface area contributed by atoms with Crippen molar-refractivity contribution in [2.75, 3.05) is 24.8 Å². The van der Waals surface area contributed by atoms with Gasteiger partial charge < -0.3 is 15.4 Å². The molecule has 2 N–H and O–H groups in total. The second-order valence-corrected chi connectivity index (χ2v) is 4.79. The van der Waals surface area contributed by atoms with Crippen molar-refractivity contribution in [2.45, 2.75) is 6.54 Å². The third-order valence-corrected chi connectivity index (χ3v) is 3.31. The van der Waals surface area contributed by atoms with E-state index < -0.39 is 0 Å². The van der Waals surface area contributed by atoms with Crippen LogP contribution in [-0.4, -0.2) is 14.2 Å². The van der Waals surface area contributed by atoms with Crippen LogP contribution < -0.4 is 15.4 Å². The molecule has 0 atom stereocenters. The predicted octanol–water partition coefficient (Wildman–Crippen LogP) is 3.57. The van der Waals surface area contributed by atoms with Crippen molar-refractivity contribution in [1.82, 2.24) is 0 Å². The van der Waals surface area contributed by atoms with E-state index in [0.717, 1.165) is 23.5 Å². The predicted molar refractivity (Wildman–Crippen MR) is 81.0 cm³/mol. The topological polar surface area (TPSA) is 38.5 Å². The van der Waals surface area contributed by atoms with Gasteiger partial charge in [0.05, 0.1) is 23.5 Å². The number of para-hydroxylation sites is 2. The van der Waals surface area contributed by atoms with Crippen LogP contribution in [0.4, 0.5) is 11.4 Å². The molecule has 0 aliphatic carbocycles. The first-order chi connectivity index (χ1) is 9.11. The van der Waals surface area contributed by atoms with Crippen molar-refractivity contribution >= 4 is 23.0 Å². The molecule has 2 aromatic rings. The van der Waals surface area contributed by atoms with E-state index in [2.05, 4.69) is 4.90 Å². The Morgan fingerprint density at radius 1 is 1.21 bits per heavy atom. The Bertz CT molecular complexity index is 572. The third-order valence-electron chi connectivity index (χ3n) is 2.98. The van der Waals surface area contributed by atoms with Gasteiger partial charge >= 0.3 is 0 Å². The first-order valence-corrected chi connectivity index (χ1v) is 6.37. The lowest BCUT2D eigenvalue weighted by Crippen LogP contribution is -2.17. The molecule has 0 spiro atoms. The zero-order chi connectivity index (χ0) is 13.8. The molecule has 2 aromatic carbocycles. The fraction of sp³-hybridized carbons (Fsp3) is 0.200. The number of nitrogens with two attached hydrogens (primary N) is 1. The zero-order valence-corrected chi connectivity index (χ0v) is 11.8. The van der Waals surface area contributed by atoms with Gasteiger partial charge in [-0.1, -0.05) is 29.8 Å². The second-order valence-electron chi connectivity index (χ2n) is 4.38. The number of methoxy groups -OCH3 is 1. The molecule has 100 valence electrons. The summed E-state index contributed by atoms with van der Waals surface area (Å²) < 4.78 is 5.36. The van der Waals surface area contributed by atoms with Crippen LogP contribution in [0.15, 0.2) is 42.5 Å². The van der Waals surface area contributed by atoms with Gasteiger partial charge in [0.2, 0.25) is 0 Å². The minimum Gasteiger partial charge on any atom is -0.495 e. The van der Waals surface area contributed by atoms with Gasteiger partial charge in [0.25, 0.3) is 0 Å². The van der Waals surface area contributed by atoms with E-state index in [4.69, 9.17) is 22.1 Å². The van der Waals surface area contributed by atoms with Gasteiger partial charge in [-0.15, -0.1) is 0 Å². The molecular weight excluding hydrogens is 260 g/mol. The average molecular weight is 277 g/mol. The van der Waals surface area contributed by atoms with Crippen molar-refractivity contribution in [3.8, 4) is 5.75 Å². The van der Waals surface area contributed by atoms with Gasteiger partial charge in [0, 0.05) is 13.6 Å². The summed E-state index contributed by atoms with van der Waals surface area (Å²) in [6.07, 6.45) is 0. The highest BCUT2D eigenvalue weighted by Crippen LogP contribution is 2.28. The van der Waals surface area contributed by atoms with Crippen LogP contribution in [0.3, 0.4) is 0 Å². The Labute approximate surface area is 118 Å². The molecule has 0 bridgehead atoms. The van der Waals surface area contributed by atoms with Crippen molar-refractivity contribution in [2.24, 2.45) is 0 Å². The van der Waals surface area contributed by atoms with Crippen molar-refractivity contribution < 1.29 is 4.74 Å². The molecule has 4 heteroatoms. The van der Waals surface area contributed by atoms with Gasteiger partial charge in [-0.25, -0.2) is 0 Å². The number of nitrogens with zero attached hydrogens (tertiary/aromatic N) is 1. The highest BCUT2D eigenvalue weighted by Gasteiger charge is 2.08. The monoisotopic (exact) mass is 276 g/mol. The summed E-state index contributed by atoms with van der Waals surface area (Å²) in [7, 11) is 3.69. The second kappa shape index (κ2) is 5.85. The number of ether oxygens (including phenoxy) is 1. The molecule has 2 rings (SSSR count). The number of anilines is 2. The Balaban J connectivity index is 2.20. The standard InChI is InChI=1S/C15H17ClN2O/c1-18(14-5-3-4-6-15(14)19-2)10-11-7-8-13(17)12(16)9-11/h3-9H,10,17H2,1-2H3. The molecule has 0 fully saturated rings. The summed E-state index contributed by atoms with van der Waals surface area (Å²) in [5.74, 6) is 0.853. The maximum atomic E-state index is 6.03. The molecule has 0 amide bonds. The fourth-order valence-electron chi connectivity index (χ4n) is 1.97. The first-order valence-electron chi connectivity index (χ1n) is 6.00. The molecule has 3 nitrogen and oxygen atoms in total. The summed E-state index contributed by atoms with van der Waals surface area (Å²) in [5, 5.41) is 0.589. The molecule has 0 saturated heterocycles. The molecule has 0 aliphatic rings. The van der Waals surface area contributed by atoms with Gasteiger partial charge in [-0.2, -0.15) is 0 Å². The molecule has 0 radical (unpaired) electrons. The maximum Gasteiger partial charge on any atom is 0.142 e. The van der Waals surface area contributed by atoms with Crippen LogP contribution in [0.25, 0.3) is 0 Å². The molecule has 0 aliphatic heterocycles. The van der Waals surface area contributed by atoms with Crippen molar-refractivity contribution in [3.63, 3.8) is 0 Å². The Morgan fingerprint density at radius 3 is 2.63 bits per heavy atom. The quantitative estimate of drug-likeness (QED) is 0.868. The van der Waals surface area contributed by atoms with Crippen LogP contribution in [0.1, 0.15) is 5.56 Å². The Kier molecular flexibility index (Phi) is 4.17. The van der Waals surface area contributed by atoms with Crippen LogP contribution in [0.2, 0.25) is 5.02 Å². The summed E-state index contributed by atoms with van der Waals surface area (Å²) in [4.78, 5) is 2.11. The summed E-state index contributed by atoms with van der Waals surface area (Å²) in [6, 6.07) is 13.6. The first kappa shape index (κ1) is 13.6. The summed E-state index contributed by atoms with van der Waals surface area (Å²) >= 11 is 6.03. The number of hydrogen-bond acceptors (Lipinski definition) is 3. The Hall–Kier alpha value is -1.87. The van der Waals surface area contributed by atoms with Crippen LogP contribution in [0, 0.1) is 0 Å². The van der Waals surface area contributed by atoms with Crippen LogP contribution in [-0.2, 0) is 6.54 Å². The molecule has 0 unspecified atom stereocenters. The number of halogens is 1. The van der Waals surface area contributed by atoms with Gasteiger partial charge in [0.15, 0.2) is 0 Å². The van der Waals surface area contributed by atoms with Crippen molar-refractivity contribution in [1.29, 1.82) is 0 Å².